The van der Waals surface area contributed by atoms with E-state index in [4.69, 9.17) is 9.72 Å². The van der Waals surface area contributed by atoms with Crippen molar-refractivity contribution >= 4 is 38.9 Å². The molecule has 3 heterocycles. The quantitative estimate of drug-likeness (QED) is 0.142. The third-order valence-corrected chi connectivity index (χ3v) is 12.7. The van der Waals surface area contributed by atoms with Crippen LogP contribution in [0.25, 0.3) is 33.3 Å². The van der Waals surface area contributed by atoms with Crippen molar-refractivity contribution in [2.45, 2.75) is 97.8 Å². The number of nitrogens with zero attached hydrogens (tertiary/aromatic N) is 4. The minimum atomic E-state index is -0.226. The van der Waals surface area contributed by atoms with Crippen LogP contribution in [-0.4, -0.2) is 9.55 Å². The molecule has 0 saturated heterocycles. The summed E-state index contributed by atoms with van der Waals surface area (Å²) in [6.45, 7) is 27.2. The molecule has 0 radical (unpaired) electrons. The third kappa shape index (κ3) is 9.05. The largest absolute Gasteiger partial charge is 0.509 e. The first-order valence-electron chi connectivity index (χ1n) is 22.4. The van der Waals surface area contributed by atoms with Crippen LogP contribution >= 0.6 is 0 Å². The molecule has 0 saturated carbocycles. The molecule has 1 aliphatic rings. The minimum absolute atomic E-state index is 0. The zero-order chi connectivity index (χ0) is 45.2. The van der Waals surface area contributed by atoms with Crippen LogP contribution in [0.15, 0.2) is 152 Å². The standard InChI is InChI=1S/C59H59N4O.Pt/c1-56(2,3)42-28-29-60-55(35-42)63-52-25-19-18-24-50(52)51-27-26-48(37-53(51)63)64-49-34-44(58(7,8)9)31-46(36-49)61-38-54(40-20-14-12-15-21-40)62(39-61)47-32-43(57(4,5)6)30-45(33-47)59(10,11)41-22-16-13-17-23-41;/h12-35,38-39H,1-11H3;/q-3;. The van der Waals surface area contributed by atoms with Crippen molar-refractivity contribution in [3.63, 3.8) is 0 Å². The summed E-state index contributed by atoms with van der Waals surface area (Å²) in [5.74, 6) is 2.09. The van der Waals surface area contributed by atoms with E-state index < -0.39 is 0 Å². The molecule has 6 heteroatoms. The summed E-state index contributed by atoms with van der Waals surface area (Å²) in [6.07, 6.45) is 4.13. The van der Waals surface area contributed by atoms with Gasteiger partial charge >= 0.3 is 0 Å². The summed E-state index contributed by atoms with van der Waals surface area (Å²) in [4.78, 5) is 9.40. The summed E-state index contributed by atoms with van der Waals surface area (Å²) >= 11 is 0. The van der Waals surface area contributed by atoms with Gasteiger partial charge < -0.3 is 19.1 Å². The second-order valence-electron chi connectivity index (χ2n) is 20.8. The number of hydrogen-bond donors (Lipinski definition) is 0. The van der Waals surface area contributed by atoms with Gasteiger partial charge in [-0.1, -0.05) is 167 Å². The van der Waals surface area contributed by atoms with Crippen LogP contribution in [0, 0.1) is 18.8 Å². The molecule has 1 aliphatic heterocycles. The van der Waals surface area contributed by atoms with Gasteiger partial charge in [-0.25, -0.2) is 4.98 Å². The zero-order valence-corrected chi connectivity index (χ0v) is 41.8. The van der Waals surface area contributed by atoms with Crippen LogP contribution in [0.3, 0.4) is 0 Å². The molecular formula is C59H59N4OPt-3. The van der Waals surface area contributed by atoms with E-state index in [1.807, 2.05) is 12.3 Å². The average Bonchev–Trinajstić information content (AvgIpc) is 3.86. The number of ether oxygens (including phenoxy) is 1. The van der Waals surface area contributed by atoms with Gasteiger partial charge in [-0.2, -0.15) is 6.07 Å². The Balaban J connectivity index is 0.00000576. The Hall–Kier alpha value is -5.90. The van der Waals surface area contributed by atoms with E-state index in [0.717, 1.165) is 55.8 Å². The number of hydrogen-bond acceptors (Lipinski definition) is 4. The molecule has 9 rings (SSSR count). The Kier molecular flexibility index (Phi) is 12.0. The number of para-hydroxylation sites is 1. The van der Waals surface area contributed by atoms with E-state index >= 15 is 0 Å². The Morgan fingerprint density at radius 2 is 1.17 bits per heavy atom. The van der Waals surface area contributed by atoms with Gasteiger partial charge in [0.2, 0.25) is 0 Å². The topological polar surface area (TPSA) is 33.5 Å². The van der Waals surface area contributed by atoms with Crippen molar-refractivity contribution in [2.75, 3.05) is 9.80 Å². The molecule has 6 aromatic carbocycles. The number of pyridine rings is 1. The van der Waals surface area contributed by atoms with Crippen LogP contribution in [0.5, 0.6) is 11.5 Å². The van der Waals surface area contributed by atoms with Gasteiger partial charge in [-0.15, -0.1) is 53.6 Å². The van der Waals surface area contributed by atoms with Crippen LogP contribution in [0.2, 0.25) is 0 Å². The van der Waals surface area contributed by atoms with Crippen molar-refractivity contribution in [2.24, 2.45) is 0 Å². The van der Waals surface area contributed by atoms with Gasteiger partial charge in [0.1, 0.15) is 5.82 Å². The van der Waals surface area contributed by atoms with Crippen molar-refractivity contribution in [1.29, 1.82) is 0 Å². The molecule has 0 N–H and O–H groups in total. The van der Waals surface area contributed by atoms with Crippen molar-refractivity contribution in [3.05, 3.63) is 204 Å². The first-order valence-corrected chi connectivity index (χ1v) is 22.4. The number of aromatic nitrogens is 2. The van der Waals surface area contributed by atoms with Crippen molar-refractivity contribution in [3.8, 4) is 17.3 Å². The van der Waals surface area contributed by atoms with E-state index in [2.05, 4.69) is 249 Å². The fourth-order valence-corrected chi connectivity index (χ4v) is 8.59. The fourth-order valence-electron chi connectivity index (χ4n) is 8.59. The van der Waals surface area contributed by atoms with E-state index in [9.17, 15) is 0 Å². The maximum Gasteiger partial charge on any atom is 0.135 e. The predicted molar refractivity (Wildman–Crippen MR) is 268 cm³/mol. The van der Waals surface area contributed by atoms with E-state index in [0.29, 0.717) is 11.5 Å². The first kappa shape index (κ1) is 45.7. The maximum atomic E-state index is 6.84. The Labute approximate surface area is 401 Å². The van der Waals surface area contributed by atoms with Gasteiger partial charge in [0.25, 0.3) is 0 Å². The SMILES string of the molecule is CC(C)(C)c1cc(Oc2[c-]c3c(cc2)c2ccccc2n3-c2cc(C(C)(C)C)ccn2)[c-]c(N2C=C(c3ccccc3)N(c3cc(C(C)(C)C)cc(C(C)(C)c4ccccc4)c3)[CH-]2)c1.[Pt]. The molecule has 5 nitrogen and oxygen atoms in total. The predicted octanol–water partition coefficient (Wildman–Crippen LogP) is 15.2. The number of benzene rings is 6. The molecule has 334 valence electrons. The Bertz CT molecular complexity index is 3030. The molecule has 0 unspecified atom stereocenters. The van der Waals surface area contributed by atoms with E-state index in [-0.39, 0.29) is 42.7 Å². The van der Waals surface area contributed by atoms with Crippen LogP contribution < -0.4 is 14.5 Å². The second-order valence-corrected chi connectivity index (χ2v) is 20.8. The summed E-state index contributed by atoms with van der Waals surface area (Å²) < 4.78 is 9.05. The molecule has 0 bridgehead atoms. The summed E-state index contributed by atoms with van der Waals surface area (Å²) in [5.41, 5.74) is 11.9. The molecule has 0 atom stereocenters. The summed E-state index contributed by atoms with van der Waals surface area (Å²) in [6, 6.07) is 57.3. The molecule has 0 fully saturated rings. The van der Waals surface area contributed by atoms with Gasteiger partial charge in [0.05, 0.1) is 0 Å². The molecular weight excluding hydrogens is 976 g/mol. The first-order chi connectivity index (χ1) is 30.3. The van der Waals surface area contributed by atoms with E-state index in [1.54, 1.807) is 0 Å². The van der Waals surface area contributed by atoms with Crippen LogP contribution in [-0.2, 0) is 42.7 Å². The monoisotopic (exact) mass is 1030 g/mol. The minimum Gasteiger partial charge on any atom is -0.509 e. The smallest absolute Gasteiger partial charge is 0.135 e. The fraction of sp³-hybridized carbons (Fsp3) is 0.254. The van der Waals surface area contributed by atoms with Crippen molar-refractivity contribution in [1.82, 2.24) is 9.55 Å². The summed E-state index contributed by atoms with van der Waals surface area (Å²) in [5, 5.41) is 2.24. The van der Waals surface area contributed by atoms with Crippen LogP contribution in [0.4, 0.5) is 11.4 Å². The van der Waals surface area contributed by atoms with Gasteiger partial charge in [-0.3, -0.25) is 0 Å². The van der Waals surface area contributed by atoms with E-state index in [1.165, 1.54) is 22.3 Å². The van der Waals surface area contributed by atoms with Gasteiger partial charge in [-0.05, 0) is 86.0 Å². The number of rotatable bonds is 8. The molecule has 0 amide bonds. The second kappa shape index (κ2) is 17.1. The third-order valence-electron chi connectivity index (χ3n) is 12.7. The summed E-state index contributed by atoms with van der Waals surface area (Å²) in [7, 11) is 0. The van der Waals surface area contributed by atoms with Crippen molar-refractivity contribution < 1.29 is 25.8 Å². The zero-order valence-electron chi connectivity index (χ0n) is 39.5. The number of anilines is 2. The molecule has 2 aromatic heterocycles. The maximum absolute atomic E-state index is 6.84. The Morgan fingerprint density at radius 1 is 0.538 bits per heavy atom. The molecule has 8 aromatic rings. The molecule has 65 heavy (non-hydrogen) atoms. The normalized spacial score (nSPS) is 13.6. The van der Waals surface area contributed by atoms with Crippen LogP contribution in [0.1, 0.15) is 110 Å². The average molecular weight is 1040 g/mol. The molecule has 0 spiro atoms. The van der Waals surface area contributed by atoms with Gasteiger partial charge in [0.15, 0.2) is 0 Å². The number of fused-ring (bicyclic) bond motifs is 3. The van der Waals surface area contributed by atoms with Gasteiger partial charge in [0, 0.05) is 61.1 Å². The Morgan fingerprint density at radius 3 is 1.86 bits per heavy atom. The molecule has 0 aliphatic carbocycles.